The molecule has 1 heterocycles. The monoisotopic (exact) mass is 221 g/mol. The first-order valence-electron chi connectivity index (χ1n) is 4.29. The molecule has 0 unspecified atom stereocenters. The molecule has 7 heteroatoms. The van der Waals surface area contributed by atoms with Crippen LogP contribution in [0.4, 0.5) is 13.2 Å². The van der Waals surface area contributed by atoms with Gasteiger partial charge in [-0.25, -0.2) is 4.98 Å². The molecule has 0 fully saturated rings. The molecule has 0 aromatic carbocycles. The third-order valence-electron chi connectivity index (χ3n) is 1.60. The molecule has 1 rings (SSSR count). The van der Waals surface area contributed by atoms with Gasteiger partial charge >= 0.3 is 6.18 Å². The summed E-state index contributed by atoms with van der Waals surface area (Å²) in [6.45, 7) is 0.141. The summed E-state index contributed by atoms with van der Waals surface area (Å²) in [6, 6.07) is 0. The highest BCUT2D eigenvalue weighted by Crippen LogP contribution is 2.18. The summed E-state index contributed by atoms with van der Waals surface area (Å²) in [5.41, 5.74) is 0. The maximum Gasteiger partial charge on any atom is 0.397 e. The minimum Gasteiger partial charge on any atom is -0.355 e. The number of aromatic amines is 1. The van der Waals surface area contributed by atoms with E-state index in [0.29, 0.717) is 12.2 Å². The number of carbonyl (C=O) groups excluding carboxylic acids is 1. The summed E-state index contributed by atoms with van der Waals surface area (Å²) in [4.78, 5) is 17.4. The van der Waals surface area contributed by atoms with Crippen LogP contribution in [0.1, 0.15) is 12.2 Å². The Kier molecular flexibility index (Phi) is 3.70. The molecule has 1 amide bonds. The van der Waals surface area contributed by atoms with Crippen molar-refractivity contribution in [3.05, 3.63) is 18.2 Å². The van der Waals surface area contributed by atoms with Gasteiger partial charge in [0.2, 0.25) is 5.91 Å². The molecule has 0 radical (unpaired) electrons. The second-order valence-electron chi connectivity index (χ2n) is 2.93. The lowest BCUT2D eigenvalue weighted by Crippen LogP contribution is -2.30. The van der Waals surface area contributed by atoms with Gasteiger partial charge in [0.15, 0.2) is 0 Å². The van der Waals surface area contributed by atoms with Crippen LogP contribution >= 0.6 is 0 Å². The van der Waals surface area contributed by atoms with Crippen molar-refractivity contribution in [2.24, 2.45) is 0 Å². The molecule has 1 aromatic heterocycles. The maximum absolute atomic E-state index is 11.7. The van der Waals surface area contributed by atoms with E-state index in [1.807, 2.05) is 0 Å². The highest BCUT2D eigenvalue weighted by atomic mass is 19.4. The fraction of sp³-hybridized carbons (Fsp3) is 0.500. The molecule has 0 saturated heterocycles. The van der Waals surface area contributed by atoms with Crippen molar-refractivity contribution in [2.75, 3.05) is 6.54 Å². The number of nitrogens with one attached hydrogen (secondary N) is 2. The van der Waals surface area contributed by atoms with Gasteiger partial charge in [0.25, 0.3) is 0 Å². The molecule has 0 aliphatic carbocycles. The number of alkyl halides is 3. The largest absolute Gasteiger partial charge is 0.397 e. The molecule has 0 saturated carbocycles. The molecule has 0 spiro atoms. The van der Waals surface area contributed by atoms with Gasteiger partial charge < -0.3 is 10.3 Å². The number of rotatable bonds is 4. The number of hydrogen-bond acceptors (Lipinski definition) is 2. The topological polar surface area (TPSA) is 57.8 Å². The van der Waals surface area contributed by atoms with Crippen molar-refractivity contribution >= 4 is 5.91 Å². The van der Waals surface area contributed by atoms with Crippen LogP contribution < -0.4 is 5.32 Å². The molecule has 0 atom stereocenters. The zero-order valence-corrected chi connectivity index (χ0v) is 7.77. The van der Waals surface area contributed by atoms with Crippen molar-refractivity contribution in [3.63, 3.8) is 0 Å². The minimum atomic E-state index is -4.45. The van der Waals surface area contributed by atoms with Crippen LogP contribution in [0.5, 0.6) is 0 Å². The zero-order valence-electron chi connectivity index (χ0n) is 7.77. The first kappa shape index (κ1) is 11.5. The lowest BCUT2D eigenvalue weighted by atomic mass is 10.3. The Hall–Kier alpha value is -1.53. The van der Waals surface area contributed by atoms with Crippen molar-refractivity contribution in [1.82, 2.24) is 15.3 Å². The van der Waals surface area contributed by atoms with Gasteiger partial charge in [-0.15, -0.1) is 0 Å². The number of carbonyl (C=O) groups is 1. The van der Waals surface area contributed by atoms with Gasteiger partial charge in [0.05, 0.1) is 0 Å². The average molecular weight is 221 g/mol. The first-order valence-corrected chi connectivity index (χ1v) is 4.29. The number of hydrogen-bond donors (Lipinski definition) is 2. The van der Waals surface area contributed by atoms with Crippen molar-refractivity contribution in [2.45, 2.75) is 19.0 Å². The Morgan fingerprint density at radius 1 is 1.53 bits per heavy atom. The third kappa shape index (κ3) is 5.04. The van der Waals surface area contributed by atoms with Crippen molar-refractivity contribution < 1.29 is 18.0 Å². The molecule has 4 nitrogen and oxygen atoms in total. The van der Waals surface area contributed by atoms with E-state index >= 15 is 0 Å². The normalized spacial score (nSPS) is 11.4. The van der Waals surface area contributed by atoms with E-state index in [1.54, 1.807) is 6.20 Å². The summed E-state index contributed by atoms with van der Waals surface area (Å²) in [6.07, 6.45) is -2.36. The Bertz CT molecular complexity index is 307. The highest BCUT2D eigenvalue weighted by Gasteiger charge is 2.30. The van der Waals surface area contributed by atoms with Crippen molar-refractivity contribution in [3.8, 4) is 0 Å². The second kappa shape index (κ2) is 4.81. The summed E-state index contributed by atoms with van der Waals surface area (Å²) >= 11 is 0. The molecule has 0 bridgehead atoms. The van der Waals surface area contributed by atoms with E-state index in [4.69, 9.17) is 0 Å². The van der Waals surface area contributed by atoms with E-state index in [-0.39, 0.29) is 6.54 Å². The summed E-state index contributed by atoms with van der Waals surface area (Å²) in [5, 5.41) is 2.16. The molecule has 15 heavy (non-hydrogen) atoms. The minimum absolute atomic E-state index is 0.141. The van der Waals surface area contributed by atoms with Gasteiger partial charge in [-0.2, -0.15) is 13.2 Å². The van der Waals surface area contributed by atoms with E-state index in [0.717, 1.165) is 0 Å². The molecular weight excluding hydrogens is 211 g/mol. The van der Waals surface area contributed by atoms with Crippen molar-refractivity contribution in [1.29, 1.82) is 0 Å². The first-order chi connectivity index (χ1) is 6.97. The molecule has 0 aliphatic rings. The number of H-pyrrole nitrogens is 1. The van der Waals surface area contributed by atoms with Crippen LogP contribution in [0.3, 0.4) is 0 Å². The molecule has 84 valence electrons. The van der Waals surface area contributed by atoms with Crippen LogP contribution in [0.15, 0.2) is 12.4 Å². The highest BCUT2D eigenvalue weighted by molar-refractivity contribution is 5.76. The summed E-state index contributed by atoms with van der Waals surface area (Å²) in [5.74, 6) is -0.392. The Labute approximate surface area is 83.9 Å². The molecule has 1 aromatic rings. The quantitative estimate of drug-likeness (QED) is 0.797. The van der Waals surface area contributed by atoms with Gasteiger partial charge in [0, 0.05) is 25.4 Å². The molecule has 0 aliphatic heterocycles. The fourth-order valence-electron chi connectivity index (χ4n) is 1.000. The number of nitrogens with zero attached hydrogens (tertiary/aromatic N) is 1. The van der Waals surface area contributed by atoms with E-state index in [2.05, 4.69) is 15.3 Å². The Balaban J connectivity index is 2.18. The van der Waals surface area contributed by atoms with E-state index in [9.17, 15) is 18.0 Å². The fourth-order valence-corrected chi connectivity index (χ4v) is 1.000. The number of halogens is 3. The number of imidazole rings is 1. The van der Waals surface area contributed by atoms with Crippen LogP contribution in [0.2, 0.25) is 0 Å². The smallest absolute Gasteiger partial charge is 0.355 e. The van der Waals surface area contributed by atoms with Crippen LogP contribution in [0.25, 0.3) is 0 Å². The summed E-state index contributed by atoms with van der Waals surface area (Å²) in [7, 11) is 0. The second-order valence-corrected chi connectivity index (χ2v) is 2.93. The predicted octanol–water partition coefficient (Wildman–Crippen LogP) is 1.02. The van der Waals surface area contributed by atoms with Gasteiger partial charge in [-0.05, 0) is 0 Å². The lowest BCUT2D eigenvalue weighted by Gasteiger charge is -2.06. The third-order valence-corrected chi connectivity index (χ3v) is 1.60. The average Bonchev–Trinajstić information content (AvgIpc) is 2.53. The Morgan fingerprint density at radius 2 is 2.27 bits per heavy atom. The number of amides is 1. The number of aromatic nitrogens is 2. The van der Waals surface area contributed by atoms with E-state index < -0.39 is 18.5 Å². The van der Waals surface area contributed by atoms with Gasteiger partial charge in [0.1, 0.15) is 12.2 Å². The van der Waals surface area contributed by atoms with Gasteiger partial charge in [-0.3, -0.25) is 4.79 Å². The summed E-state index contributed by atoms with van der Waals surface area (Å²) < 4.78 is 35.2. The predicted molar refractivity (Wildman–Crippen MR) is 46.0 cm³/mol. The SMILES string of the molecule is O=C(CC(F)(F)F)NCCc1ncc[nH]1. The maximum atomic E-state index is 11.7. The van der Waals surface area contributed by atoms with E-state index in [1.165, 1.54) is 6.20 Å². The standard InChI is InChI=1S/C8H10F3N3O/c9-8(10,11)5-7(15)14-2-1-6-12-3-4-13-6/h3-4H,1-2,5H2,(H,12,13)(H,14,15). The molecular formula is C8H10F3N3O. The zero-order chi connectivity index (χ0) is 11.3. The lowest BCUT2D eigenvalue weighted by molar-refractivity contribution is -0.153. The van der Waals surface area contributed by atoms with Crippen LogP contribution in [-0.2, 0) is 11.2 Å². The molecule has 2 N–H and O–H groups in total. The van der Waals surface area contributed by atoms with Crippen LogP contribution in [-0.4, -0.2) is 28.6 Å². The van der Waals surface area contributed by atoms with Crippen LogP contribution in [0, 0.1) is 0 Å². The van der Waals surface area contributed by atoms with Gasteiger partial charge in [-0.1, -0.05) is 0 Å². The Morgan fingerprint density at radius 3 is 2.80 bits per heavy atom.